The second kappa shape index (κ2) is 25.8. The predicted octanol–water partition coefficient (Wildman–Crippen LogP) is 4.32. The smallest absolute Gasteiger partial charge is 0.338 e. The lowest BCUT2D eigenvalue weighted by molar-refractivity contribution is -0.394. The fourth-order valence-electron chi connectivity index (χ4n) is 9.34. The summed E-state index contributed by atoms with van der Waals surface area (Å²) in [5.41, 5.74) is 0.857. The zero-order valence-electron chi connectivity index (χ0n) is 42.8. The van der Waals surface area contributed by atoms with E-state index in [2.05, 4.69) is 5.32 Å². The standard InChI is InChI=1S/C55H59NO21/c1-29-41(72-49(61)34-19-11-7-12-20-34)45(73-50(62)35-21-13-8-14-22-35)47(74-51(63)36-23-15-9-16-24-36)54(67-29)77-48-46(69-33(5)60)43(68-32(4)59)38(27-65-31(3)58)71-55(48)76-44-40(56-30(2)57)53(64-6)70-39-28-66-52(75-42(39)44)37-25-17-10-18-26-37/h7-26,29,38-48,52-55H,27-28H2,1-6H3,(H,56,57)/t29-,38+,39+,40+,41-,42+,43-,44+,45+,46-,47+,48+,52-,53-,54-,55-/m0/s1. The Bertz CT molecular complexity index is 2660. The molecule has 4 aliphatic rings. The van der Waals surface area contributed by atoms with Crippen molar-refractivity contribution in [3.8, 4) is 0 Å². The molecule has 4 saturated heterocycles. The number of hydrogen-bond donors (Lipinski definition) is 1. The van der Waals surface area contributed by atoms with Crippen molar-refractivity contribution in [1.29, 1.82) is 0 Å². The third-order valence-corrected chi connectivity index (χ3v) is 12.7. The molecule has 4 aliphatic heterocycles. The average Bonchev–Trinajstić information content (AvgIpc) is 3.43. The maximum Gasteiger partial charge on any atom is 0.338 e. The molecule has 16 atom stereocenters. The van der Waals surface area contributed by atoms with Crippen LogP contribution in [0.4, 0.5) is 0 Å². The van der Waals surface area contributed by atoms with Crippen molar-refractivity contribution in [3.05, 3.63) is 144 Å². The monoisotopic (exact) mass is 1070 g/mol. The van der Waals surface area contributed by atoms with Crippen molar-refractivity contribution in [1.82, 2.24) is 5.32 Å². The molecule has 0 radical (unpaired) electrons. The molecule has 4 heterocycles. The largest absolute Gasteiger partial charge is 0.463 e. The Hall–Kier alpha value is -7.15. The number of ether oxygens (including phenoxy) is 14. The van der Waals surface area contributed by atoms with E-state index in [4.69, 9.17) is 66.3 Å². The summed E-state index contributed by atoms with van der Waals surface area (Å²) in [5.74, 6) is -5.87. The number of methoxy groups -OCH3 is 1. The van der Waals surface area contributed by atoms with Gasteiger partial charge < -0.3 is 71.6 Å². The Labute approximate surface area is 442 Å². The average molecular weight is 1070 g/mol. The van der Waals surface area contributed by atoms with Gasteiger partial charge in [-0.15, -0.1) is 0 Å². The van der Waals surface area contributed by atoms with E-state index in [1.165, 1.54) is 57.4 Å². The number of carbonyl (C=O) groups excluding carboxylic acids is 7. The van der Waals surface area contributed by atoms with Crippen LogP contribution >= 0.6 is 0 Å². The topological polar surface area (TPSA) is 261 Å². The third kappa shape index (κ3) is 13.9. The van der Waals surface area contributed by atoms with Crippen LogP contribution in [0.25, 0.3) is 0 Å². The molecule has 0 aromatic heterocycles. The minimum atomic E-state index is -1.90. The van der Waals surface area contributed by atoms with Gasteiger partial charge in [0, 0.05) is 40.4 Å². The summed E-state index contributed by atoms with van der Waals surface area (Å²) in [7, 11) is 1.34. The van der Waals surface area contributed by atoms with Gasteiger partial charge in [0.05, 0.1) is 29.4 Å². The van der Waals surface area contributed by atoms with E-state index in [1.807, 2.05) is 6.07 Å². The highest BCUT2D eigenvalue weighted by atomic mass is 16.8. The summed E-state index contributed by atoms with van der Waals surface area (Å²) in [4.78, 5) is 94.3. The van der Waals surface area contributed by atoms with E-state index in [0.717, 1.165) is 20.8 Å². The van der Waals surface area contributed by atoms with Crippen molar-refractivity contribution in [2.45, 2.75) is 133 Å². The van der Waals surface area contributed by atoms with Crippen LogP contribution in [-0.4, -0.2) is 154 Å². The first-order valence-corrected chi connectivity index (χ1v) is 24.7. The first-order valence-electron chi connectivity index (χ1n) is 24.7. The van der Waals surface area contributed by atoms with Gasteiger partial charge in [-0.3, -0.25) is 19.2 Å². The van der Waals surface area contributed by atoms with Crippen LogP contribution in [0.15, 0.2) is 121 Å². The minimum absolute atomic E-state index is 0.0372. The van der Waals surface area contributed by atoms with Gasteiger partial charge in [0.1, 0.15) is 37.1 Å². The number of rotatable bonds is 17. The SMILES string of the molecule is CO[C@H]1O[C@@H]2CO[C@H](c3ccccc3)O[C@H]2[C@H](O[C@@H]2O[C@H](COC(C)=O)[C@H](OC(C)=O)[C@H](OC(C)=O)[C@H]2O[C@@H]2O[C@@H](C)[C@H](OC(=O)c3ccccc3)[C@@H](OC(=O)c3ccccc3)[C@H]2OC(=O)c2ccccc2)[C@H]1NC(C)=O. The lowest BCUT2D eigenvalue weighted by Crippen LogP contribution is -2.70. The summed E-state index contributed by atoms with van der Waals surface area (Å²) < 4.78 is 87.5. The van der Waals surface area contributed by atoms with Gasteiger partial charge in [-0.25, -0.2) is 14.4 Å². The molecule has 1 amide bonds. The van der Waals surface area contributed by atoms with Gasteiger partial charge in [0.15, 0.2) is 61.8 Å². The van der Waals surface area contributed by atoms with Gasteiger partial charge in [0.2, 0.25) is 5.91 Å². The fourth-order valence-corrected chi connectivity index (χ4v) is 9.34. The normalized spacial score (nSPS) is 30.7. The van der Waals surface area contributed by atoms with Crippen LogP contribution in [-0.2, 0) is 85.5 Å². The van der Waals surface area contributed by atoms with E-state index in [9.17, 15) is 33.6 Å². The zero-order valence-corrected chi connectivity index (χ0v) is 42.8. The molecule has 410 valence electrons. The minimum Gasteiger partial charge on any atom is -0.463 e. The fraction of sp³-hybridized carbons (Fsp3) is 0.436. The van der Waals surface area contributed by atoms with E-state index >= 15 is 0 Å². The number of amides is 1. The zero-order chi connectivity index (χ0) is 54.8. The van der Waals surface area contributed by atoms with E-state index in [1.54, 1.807) is 78.9 Å². The Morgan fingerprint density at radius 1 is 0.506 bits per heavy atom. The first kappa shape index (κ1) is 56.1. The highest BCUT2D eigenvalue weighted by molar-refractivity contribution is 5.91. The van der Waals surface area contributed by atoms with Crippen LogP contribution in [0, 0.1) is 0 Å². The summed E-state index contributed by atoms with van der Waals surface area (Å²) in [6.45, 7) is 5.36. The second-order valence-corrected chi connectivity index (χ2v) is 18.3. The Morgan fingerprint density at radius 3 is 1.51 bits per heavy atom. The number of nitrogens with one attached hydrogen (secondary N) is 1. The van der Waals surface area contributed by atoms with Gasteiger partial charge in [-0.2, -0.15) is 0 Å². The van der Waals surface area contributed by atoms with Gasteiger partial charge in [-0.1, -0.05) is 84.9 Å². The van der Waals surface area contributed by atoms with Crippen molar-refractivity contribution in [2.24, 2.45) is 0 Å². The number of benzene rings is 4. The highest BCUT2D eigenvalue weighted by Crippen LogP contribution is 2.40. The summed E-state index contributed by atoms with van der Waals surface area (Å²) in [6, 6.07) is 31.3. The lowest BCUT2D eigenvalue weighted by atomic mass is 9.94. The van der Waals surface area contributed by atoms with Crippen LogP contribution in [0.3, 0.4) is 0 Å². The molecule has 4 aromatic carbocycles. The van der Waals surface area contributed by atoms with Gasteiger partial charge in [0.25, 0.3) is 0 Å². The number of esters is 6. The molecule has 22 nitrogen and oxygen atoms in total. The van der Waals surface area contributed by atoms with Crippen LogP contribution in [0.2, 0.25) is 0 Å². The molecule has 1 N–H and O–H groups in total. The van der Waals surface area contributed by atoms with E-state index in [0.29, 0.717) is 5.56 Å². The number of hydrogen-bond acceptors (Lipinski definition) is 21. The molecule has 0 spiro atoms. The lowest BCUT2D eigenvalue weighted by Gasteiger charge is -2.52. The molecular weight excluding hydrogens is 1010 g/mol. The summed E-state index contributed by atoms with van der Waals surface area (Å²) in [5, 5.41) is 2.83. The van der Waals surface area contributed by atoms with E-state index in [-0.39, 0.29) is 23.3 Å². The Balaban J connectivity index is 1.26. The van der Waals surface area contributed by atoms with E-state index < -0.39 is 147 Å². The summed E-state index contributed by atoms with van der Waals surface area (Å²) in [6.07, 6.45) is -22.4. The molecule has 0 saturated carbocycles. The maximum atomic E-state index is 14.3. The van der Waals surface area contributed by atoms with Gasteiger partial charge >= 0.3 is 35.8 Å². The second-order valence-electron chi connectivity index (χ2n) is 18.3. The number of fused-ring (bicyclic) bond motifs is 1. The highest BCUT2D eigenvalue weighted by Gasteiger charge is 2.60. The Morgan fingerprint density at radius 2 is 0.987 bits per heavy atom. The molecule has 0 aliphatic carbocycles. The first-order chi connectivity index (χ1) is 37.1. The van der Waals surface area contributed by atoms with Crippen molar-refractivity contribution < 1.29 is 99.9 Å². The predicted molar refractivity (Wildman–Crippen MR) is 261 cm³/mol. The van der Waals surface area contributed by atoms with Crippen LogP contribution < -0.4 is 5.32 Å². The van der Waals surface area contributed by atoms with Crippen LogP contribution in [0.5, 0.6) is 0 Å². The molecule has 77 heavy (non-hydrogen) atoms. The molecule has 0 bridgehead atoms. The van der Waals surface area contributed by atoms with Crippen molar-refractivity contribution in [3.63, 3.8) is 0 Å². The molecular formula is C55H59NO21. The van der Waals surface area contributed by atoms with Crippen LogP contribution in [0.1, 0.15) is 77.5 Å². The maximum absolute atomic E-state index is 14.3. The third-order valence-electron chi connectivity index (χ3n) is 12.7. The number of carbonyl (C=O) groups is 7. The molecule has 4 aromatic rings. The summed E-state index contributed by atoms with van der Waals surface area (Å²) >= 11 is 0. The van der Waals surface area contributed by atoms with Crippen molar-refractivity contribution >= 4 is 41.7 Å². The van der Waals surface area contributed by atoms with Gasteiger partial charge in [-0.05, 0) is 43.3 Å². The molecule has 22 heteroatoms. The van der Waals surface area contributed by atoms with Crippen molar-refractivity contribution in [2.75, 3.05) is 20.3 Å². The Kier molecular flexibility index (Phi) is 18.8. The molecule has 0 unspecified atom stereocenters. The quantitative estimate of drug-likeness (QED) is 0.114. The molecule has 8 rings (SSSR count). The molecule has 4 fully saturated rings.